The average molecular weight is 264 g/mol. The van der Waals surface area contributed by atoms with Crippen LogP contribution < -0.4 is 0 Å². The number of rotatable bonds is 3. The predicted molar refractivity (Wildman–Crippen MR) is 76.6 cm³/mol. The highest BCUT2D eigenvalue weighted by atomic mass is 16.3. The normalized spacial score (nSPS) is 35.5. The Morgan fingerprint density at radius 2 is 1.95 bits per heavy atom. The fourth-order valence-electron chi connectivity index (χ4n) is 4.01. The Morgan fingerprint density at radius 1 is 1.32 bits per heavy atom. The molecule has 3 nitrogen and oxygen atoms in total. The van der Waals surface area contributed by atoms with Crippen LogP contribution in [0.15, 0.2) is 0 Å². The van der Waals surface area contributed by atoms with Gasteiger partial charge in [-0.1, -0.05) is 13.3 Å². The number of likely N-dealkylation sites (tertiary alicyclic amines) is 1. The minimum Gasteiger partial charge on any atom is -0.388 e. The first kappa shape index (κ1) is 14.8. The van der Waals surface area contributed by atoms with Gasteiger partial charge in [0.2, 0.25) is 0 Å². The molecule has 1 aliphatic carbocycles. The minimum absolute atomic E-state index is 0.475. The zero-order chi connectivity index (χ0) is 14.1. The van der Waals surface area contributed by atoms with Crippen LogP contribution in [0.1, 0.15) is 59.3 Å². The van der Waals surface area contributed by atoms with Crippen LogP contribution in [0, 0.1) is 22.7 Å². The summed E-state index contributed by atoms with van der Waals surface area (Å²) in [6.07, 6.45) is 5.56. The lowest BCUT2D eigenvalue weighted by atomic mass is 9.66. The molecule has 2 atom stereocenters. The summed E-state index contributed by atoms with van der Waals surface area (Å²) in [5.74, 6) is 0.631. The first-order valence-electron chi connectivity index (χ1n) is 7.84. The SMILES string of the molecule is CCC1CCC(C#N)(C2(O)CCN(C(C)C)CC2)C1. The lowest BCUT2D eigenvalue weighted by Crippen LogP contribution is -2.54. The summed E-state index contributed by atoms with van der Waals surface area (Å²) in [5, 5.41) is 20.8. The number of nitriles is 1. The summed E-state index contributed by atoms with van der Waals surface area (Å²) in [6, 6.07) is 3.06. The Kier molecular flexibility index (Phi) is 4.23. The van der Waals surface area contributed by atoms with Crippen LogP contribution in [0.5, 0.6) is 0 Å². The van der Waals surface area contributed by atoms with Crippen LogP contribution in [0.2, 0.25) is 0 Å². The van der Waals surface area contributed by atoms with Crippen LogP contribution in [0.25, 0.3) is 0 Å². The van der Waals surface area contributed by atoms with Crippen LogP contribution >= 0.6 is 0 Å². The quantitative estimate of drug-likeness (QED) is 0.852. The van der Waals surface area contributed by atoms with E-state index >= 15 is 0 Å². The van der Waals surface area contributed by atoms with Gasteiger partial charge in [0, 0.05) is 19.1 Å². The Morgan fingerprint density at radius 3 is 2.37 bits per heavy atom. The van der Waals surface area contributed by atoms with Crippen molar-refractivity contribution in [3.8, 4) is 6.07 Å². The smallest absolute Gasteiger partial charge is 0.0864 e. The highest BCUT2D eigenvalue weighted by Gasteiger charge is 2.55. The van der Waals surface area contributed by atoms with E-state index in [-0.39, 0.29) is 0 Å². The number of piperidine rings is 1. The third-order valence-corrected chi connectivity index (χ3v) is 5.65. The largest absolute Gasteiger partial charge is 0.388 e. The molecule has 3 heteroatoms. The summed E-state index contributed by atoms with van der Waals surface area (Å²) in [4.78, 5) is 2.41. The molecule has 0 aromatic carbocycles. The topological polar surface area (TPSA) is 47.3 Å². The number of hydrogen-bond acceptors (Lipinski definition) is 3. The predicted octanol–water partition coefficient (Wildman–Crippen LogP) is 2.94. The van der Waals surface area contributed by atoms with E-state index in [0.29, 0.717) is 12.0 Å². The molecule has 1 saturated heterocycles. The van der Waals surface area contributed by atoms with E-state index in [1.807, 2.05) is 0 Å². The fourth-order valence-corrected chi connectivity index (χ4v) is 4.01. The molecule has 2 unspecified atom stereocenters. The first-order chi connectivity index (χ1) is 8.96. The van der Waals surface area contributed by atoms with Gasteiger partial charge >= 0.3 is 0 Å². The van der Waals surface area contributed by atoms with Gasteiger partial charge in [-0.05, 0) is 51.9 Å². The van der Waals surface area contributed by atoms with Gasteiger partial charge in [-0.2, -0.15) is 5.26 Å². The van der Waals surface area contributed by atoms with E-state index in [0.717, 1.165) is 51.6 Å². The van der Waals surface area contributed by atoms with Crippen LogP contribution in [-0.4, -0.2) is 34.7 Å². The van der Waals surface area contributed by atoms with E-state index in [2.05, 4.69) is 31.7 Å². The molecule has 0 spiro atoms. The monoisotopic (exact) mass is 264 g/mol. The molecule has 0 aromatic heterocycles. The Hall–Kier alpha value is -0.590. The van der Waals surface area contributed by atoms with Gasteiger partial charge < -0.3 is 10.0 Å². The van der Waals surface area contributed by atoms with E-state index in [4.69, 9.17) is 0 Å². The third-order valence-electron chi connectivity index (χ3n) is 5.65. The molecule has 2 rings (SSSR count). The summed E-state index contributed by atoms with van der Waals surface area (Å²) in [7, 11) is 0. The molecule has 0 bridgehead atoms. The maximum absolute atomic E-state index is 11.1. The molecular weight excluding hydrogens is 236 g/mol. The second kappa shape index (κ2) is 5.42. The molecule has 1 N–H and O–H groups in total. The Balaban J connectivity index is 2.10. The van der Waals surface area contributed by atoms with E-state index < -0.39 is 11.0 Å². The zero-order valence-electron chi connectivity index (χ0n) is 12.7. The molecular formula is C16H28N2O. The second-order valence-corrected chi connectivity index (χ2v) is 6.87. The lowest BCUT2D eigenvalue weighted by molar-refractivity contribution is -0.0997. The summed E-state index contributed by atoms with van der Waals surface area (Å²) in [6.45, 7) is 8.45. The van der Waals surface area contributed by atoms with Crippen molar-refractivity contribution in [2.75, 3.05) is 13.1 Å². The molecule has 0 aromatic rings. The summed E-state index contributed by atoms with van der Waals surface area (Å²) >= 11 is 0. The molecule has 0 amide bonds. The van der Waals surface area contributed by atoms with Gasteiger partial charge in [0.25, 0.3) is 0 Å². The highest BCUT2D eigenvalue weighted by Crippen LogP contribution is 2.53. The Labute approximate surface area is 117 Å². The van der Waals surface area contributed by atoms with Crippen LogP contribution in [0.4, 0.5) is 0 Å². The van der Waals surface area contributed by atoms with Gasteiger partial charge in [-0.3, -0.25) is 0 Å². The molecule has 19 heavy (non-hydrogen) atoms. The van der Waals surface area contributed by atoms with Gasteiger partial charge in [0.15, 0.2) is 0 Å². The van der Waals surface area contributed by atoms with Crippen molar-refractivity contribution >= 4 is 0 Å². The van der Waals surface area contributed by atoms with Gasteiger partial charge in [0.05, 0.1) is 17.1 Å². The lowest BCUT2D eigenvalue weighted by Gasteiger charge is -2.47. The van der Waals surface area contributed by atoms with E-state index in [1.54, 1.807) is 0 Å². The zero-order valence-corrected chi connectivity index (χ0v) is 12.7. The summed E-state index contributed by atoms with van der Waals surface area (Å²) in [5.41, 5.74) is -1.23. The molecule has 1 aliphatic heterocycles. The van der Waals surface area contributed by atoms with Gasteiger partial charge in [0.1, 0.15) is 0 Å². The molecule has 1 heterocycles. The van der Waals surface area contributed by atoms with E-state index in [1.165, 1.54) is 0 Å². The highest BCUT2D eigenvalue weighted by molar-refractivity contribution is 5.16. The molecule has 1 saturated carbocycles. The second-order valence-electron chi connectivity index (χ2n) is 6.87. The molecule has 2 aliphatic rings. The van der Waals surface area contributed by atoms with Crippen molar-refractivity contribution in [1.82, 2.24) is 4.90 Å². The maximum Gasteiger partial charge on any atom is 0.0864 e. The van der Waals surface area contributed by atoms with Crippen LogP contribution in [0.3, 0.4) is 0 Å². The first-order valence-corrected chi connectivity index (χ1v) is 7.84. The number of hydrogen-bond donors (Lipinski definition) is 1. The Bertz CT molecular complexity index is 352. The molecule has 2 fully saturated rings. The molecule has 0 radical (unpaired) electrons. The third kappa shape index (κ3) is 2.53. The van der Waals surface area contributed by atoms with Crippen molar-refractivity contribution < 1.29 is 5.11 Å². The summed E-state index contributed by atoms with van der Waals surface area (Å²) < 4.78 is 0. The van der Waals surface area contributed by atoms with Crippen molar-refractivity contribution in [2.45, 2.75) is 70.9 Å². The number of aliphatic hydroxyl groups is 1. The maximum atomic E-state index is 11.1. The van der Waals surface area contributed by atoms with Gasteiger partial charge in [-0.15, -0.1) is 0 Å². The van der Waals surface area contributed by atoms with Crippen molar-refractivity contribution in [3.05, 3.63) is 0 Å². The average Bonchev–Trinajstić information content (AvgIpc) is 2.84. The standard InChI is InChI=1S/C16H28N2O/c1-4-14-5-6-15(11-14,12-17)16(19)7-9-18(10-8-16)13(2)3/h13-14,19H,4-11H2,1-3H3. The molecule has 108 valence electrons. The minimum atomic E-state index is -0.753. The van der Waals surface area contributed by atoms with Crippen molar-refractivity contribution in [3.63, 3.8) is 0 Å². The van der Waals surface area contributed by atoms with Crippen molar-refractivity contribution in [1.29, 1.82) is 5.26 Å². The number of nitrogens with zero attached hydrogens (tertiary/aromatic N) is 2. The van der Waals surface area contributed by atoms with E-state index in [9.17, 15) is 10.4 Å². The fraction of sp³-hybridized carbons (Fsp3) is 0.938. The van der Waals surface area contributed by atoms with Crippen LogP contribution in [-0.2, 0) is 0 Å². The van der Waals surface area contributed by atoms with Crippen molar-refractivity contribution in [2.24, 2.45) is 11.3 Å². The van der Waals surface area contributed by atoms with Gasteiger partial charge in [-0.25, -0.2) is 0 Å².